The van der Waals surface area contributed by atoms with Gasteiger partial charge in [-0.1, -0.05) is 0 Å². The Morgan fingerprint density at radius 2 is 1.88 bits per heavy atom. The van der Waals surface area contributed by atoms with Gasteiger partial charge in [0.2, 0.25) is 0 Å². The molecule has 1 aliphatic heterocycles. The standard InChI is InChI=1S/C21H27F3N4O5S/c1-25-19(29)14-11-34-18-15(21(22,23)24)8-16(27-17(14)18)28-6-4-12(5-7-28)26-20(30)33-13(9-31-2)10-32-3/h8,11-13H,4-7,9-10H2,1-3H3,(H,25,29)(H,26,30). The molecule has 2 aromatic heterocycles. The molecule has 2 aromatic rings. The number of amides is 2. The van der Waals surface area contributed by atoms with Crippen LogP contribution in [0, 0.1) is 0 Å². The summed E-state index contributed by atoms with van der Waals surface area (Å²) >= 11 is 0.844. The van der Waals surface area contributed by atoms with Crippen molar-refractivity contribution < 1.29 is 37.0 Å². The van der Waals surface area contributed by atoms with Crippen LogP contribution in [0.4, 0.5) is 23.8 Å². The first-order valence-electron chi connectivity index (χ1n) is 10.6. The first-order valence-corrected chi connectivity index (χ1v) is 11.5. The van der Waals surface area contributed by atoms with E-state index in [0.717, 1.165) is 17.4 Å². The maximum absolute atomic E-state index is 13.8. The molecule has 0 spiro atoms. The number of anilines is 1. The molecule has 0 bridgehead atoms. The predicted octanol–water partition coefficient (Wildman–Crippen LogP) is 3.03. The van der Waals surface area contributed by atoms with Crippen LogP contribution in [-0.4, -0.2) is 76.7 Å². The number of ether oxygens (including phenoxy) is 3. The first-order chi connectivity index (χ1) is 16.2. The SMILES string of the molecule is CNC(=O)c1csc2c(C(F)(F)F)cc(N3CCC(NC(=O)OC(COC)COC)CC3)nc12. The third kappa shape index (κ3) is 6.07. The Hall–Kier alpha value is -2.64. The van der Waals surface area contributed by atoms with Gasteiger partial charge in [-0.15, -0.1) is 11.3 Å². The molecule has 0 aliphatic carbocycles. The number of hydrogen-bond acceptors (Lipinski definition) is 8. The van der Waals surface area contributed by atoms with Crippen molar-refractivity contribution in [1.29, 1.82) is 0 Å². The lowest BCUT2D eigenvalue weighted by Crippen LogP contribution is -2.46. The molecular weight excluding hydrogens is 477 g/mol. The number of hydrogen-bond donors (Lipinski definition) is 2. The molecule has 1 aliphatic rings. The molecular formula is C21H27F3N4O5S. The van der Waals surface area contributed by atoms with Crippen LogP contribution in [0.25, 0.3) is 10.2 Å². The molecule has 1 fully saturated rings. The van der Waals surface area contributed by atoms with Crippen molar-refractivity contribution in [1.82, 2.24) is 15.6 Å². The van der Waals surface area contributed by atoms with Gasteiger partial charge in [0, 0.05) is 45.8 Å². The summed E-state index contributed by atoms with van der Waals surface area (Å²) in [5.41, 5.74) is -0.685. The molecule has 13 heteroatoms. The van der Waals surface area contributed by atoms with Crippen molar-refractivity contribution in [3.8, 4) is 0 Å². The first kappa shape index (κ1) is 26.0. The molecule has 3 rings (SSSR count). The summed E-state index contributed by atoms with van der Waals surface area (Å²) in [6, 6.07) is 0.817. The molecule has 0 unspecified atom stereocenters. The topological polar surface area (TPSA) is 102 Å². The molecule has 0 aromatic carbocycles. The molecule has 1 saturated heterocycles. The van der Waals surface area contributed by atoms with E-state index in [1.165, 1.54) is 26.6 Å². The number of alkyl halides is 3. The van der Waals surface area contributed by atoms with Crippen LogP contribution in [0.3, 0.4) is 0 Å². The average molecular weight is 505 g/mol. The van der Waals surface area contributed by atoms with Crippen molar-refractivity contribution >= 4 is 39.4 Å². The Morgan fingerprint density at radius 3 is 2.44 bits per heavy atom. The summed E-state index contributed by atoms with van der Waals surface area (Å²) in [6.07, 6.45) is -4.77. The van der Waals surface area contributed by atoms with Crippen LogP contribution >= 0.6 is 11.3 Å². The van der Waals surface area contributed by atoms with Crippen molar-refractivity contribution in [2.75, 3.05) is 52.5 Å². The highest BCUT2D eigenvalue weighted by Crippen LogP contribution is 2.40. The molecule has 0 atom stereocenters. The van der Waals surface area contributed by atoms with E-state index in [0.29, 0.717) is 25.9 Å². The quantitative estimate of drug-likeness (QED) is 0.570. The van der Waals surface area contributed by atoms with E-state index in [1.807, 2.05) is 0 Å². The van der Waals surface area contributed by atoms with E-state index in [2.05, 4.69) is 15.6 Å². The minimum atomic E-state index is -4.59. The number of carbonyl (C=O) groups is 2. The minimum Gasteiger partial charge on any atom is -0.441 e. The van der Waals surface area contributed by atoms with E-state index < -0.39 is 29.8 Å². The summed E-state index contributed by atoms with van der Waals surface area (Å²) in [7, 11) is 4.39. The maximum atomic E-state index is 13.8. The van der Waals surface area contributed by atoms with E-state index in [4.69, 9.17) is 14.2 Å². The number of halogens is 3. The molecule has 0 saturated carbocycles. The van der Waals surface area contributed by atoms with Crippen LogP contribution in [0.1, 0.15) is 28.8 Å². The number of pyridine rings is 1. The van der Waals surface area contributed by atoms with Gasteiger partial charge in [0.15, 0.2) is 6.10 Å². The second kappa shape index (κ2) is 11.2. The third-order valence-corrected chi connectivity index (χ3v) is 6.41. The highest BCUT2D eigenvalue weighted by molar-refractivity contribution is 7.17. The van der Waals surface area contributed by atoms with Crippen LogP contribution in [0.2, 0.25) is 0 Å². The summed E-state index contributed by atoms with van der Waals surface area (Å²) < 4.78 is 56.5. The smallest absolute Gasteiger partial charge is 0.417 e. The maximum Gasteiger partial charge on any atom is 0.417 e. The second-order valence-electron chi connectivity index (χ2n) is 7.78. The molecule has 188 valence electrons. The fraction of sp³-hybridized carbons (Fsp3) is 0.571. The minimum absolute atomic E-state index is 0.0281. The summed E-state index contributed by atoms with van der Waals surface area (Å²) in [5, 5.41) is 6.60. The zero-order valence-electron chi connectivity index (χ0n) is 19.0. The number of nitrogens with one attached hydrogen (secondary N) is 2. The fourth-order valence-electron chi connectivity index (χ4n) is 3.76. The van der Waals surface area contributed by atoms with Gasteiger partial charge in [-0.2, -0.15) is 13.2 Å². The summed E-state index contributed by atoms with van der Waals surface area (Å²) in [6.45, 7) is 1.13. The number of carbonyl (C=O) groups excluding carboxylic acids is 2. The molecule has 34 heavy (non-hydrogen) atoms. The monoisotopic (exact) mass is 504 g/mol. The van der Waals surface area contributed by atoms with Crippen LogP contribution in [-0.2, 0) is 20.4 Å². The Labute approximate surface area is 198 Å². The van der Waals surface area contributed by atoms with Crippen molar-refractivity contribution in [2.45, 2.75) is 31.2 Å². The van der Waals surface area contributed by atoms with Crippen LogP contribution in [0.15, 0.2) is 11.4 Å². The lowest BCUT2D eigenvalue weighted by molar-refractivity contribution is -0.136. The summed E-state index contributed by atoms with van der Waals surface area (Å²) in [4.78, 5) is 30.5. The number of aromatic nitrogens is 1. The van der Waals surface area contributed by atoms with Gasteiger partial charge in [-0.05, 0) is 18.9 Å². The molecule has 2 amide bonds. The van der Waals surface area contributed by atoms with Crippen molar-refractivity contribution in [2.24, 2.45) is 0 Å². The molecule has 0 radical (unpaired) electrons. The van der Waals surface area contributed by atoms with Gasteiger partial charge in [-0.3, -0.25) is 4.79 Å². The number of thiophene rings is 1. The van der Waals surface area contributed by atoms with Gasteiger partial charge >= 0.3 is 12.3 Å². The van der Waals surface area contributed by atoms with Gasteiger partial charge in [0.25, 0.3) is 5.91 Å². The van der Waals surface area contributed by atoms with E-state index >= 15 is 0 Å². The van der Waals surface area contributed by atoms with Gasteiger partial charge in [0.1, 0.15) is 5.82 Å². The van der Waals surface area contributed by atoms with Gasteiger partial charge in [-0.25, -0.2) is 9.78 Å². The van der Waals surface area contributed by atoms with E-state index in [1.54, 1.807) is 4.90 Å². The number of piperidine rings is 1. The zero-order valence-corrected chi connectivity index (χ0v) is 19.8. The molecule has 9 nitrogen and oxygen atoms in total. The number of methoxy groups -OCH3 is 2. The second-order valence-corrected chi connectivity index (χ2v) is 8.66. The normalized spacial score (nSPS) is 15.1. The predicted molar refractivity (Wildman–Crippen MR) is 120 cm³/mol. The largest absolute Gasteiger partial charge is 0.441 e. The Bertz CT molecular complexity index is 1000. The van der Waals surface area contributed by atoms with E-state index in [9.17, 15) is 22.8 Å². The Balaban J connectivity index is 1.72. The molecule has 2 N–H and O–H groups in total. The average Bonchev–Trinajstić information content (AvgIpc) is 3.22. The van der Waals surface area contributed by atoms with Crippen molar-refractivity contribution in [3.63, 3.8) is 0 Å². The Morgan fingerprint density at radius 1 is 1.24 bits per heavy atom. The fourth-order valence-corrected chi connectivity index (χ4v) is 4.78. The summed E-state index contributed by atoms with van der Waals surface area (Å²) in [5.74, 6) is -0.352. The zero-order chi connectivity index (χ0) is 24.9. The van der Waals surface area contributed by atoms with Crippen molar-refractivity contribution in [3.05, 3.63) is 22.6 Å². The highest BCUT2D eigenvalue weighted by Gasteiger charge is 2.36. The van der Waals surface area contributed by atoms with Gasteiger partial charge < -0.3 is 29.7 Å². The number of nitrogens with zero attached hydrogens (tertiary/aromatic N) is 2. The number of rotatable bonds is 8. The van der Waals surface area contributed by atoms with Crippen LogP contribution in [0.5, 0.6) is 0 Å². The Kier molecular flexibility index (Phi) is 8.55. The number of fused-ring (bicyclic) bond motifs is 1. The van der Waals surface area contributed by atoms with E-state index in [-0.39, 0.29) is 40.9 Å². The molecule has 3 heterocycles. The lowest BCUT2D eigenvalue weighted by atomic mass is 10.0. The van der Waals surface area contributed by atoms with Gasteiger partial charge in [0.05, 0.1) is 34.6 Å². The third-order valence-electron chi connectivity index (χ3n) is 5.41. The number of alkyl carbamates (subject to hydrolysis) is 1. The highest BCUT2D eigenvalue weighted by atomic mass is 32.1. The lowest BCUT2D eigenvalue weighted by Gasteiger charge is -2.33. The van der Waals surface area contributed by atoms with Crippen LogP contribution < -0.4 is 15.5 Å².